The van der Waals surface area contributed by atoms with Gasteiger partial charge in [0.1, 0.15) is 0 Å². The number of alkyl halides is 1. The fourth-order valence-electron chi connectivity index (χ4n) is 2.87. The first-order valence-electron chi connectivity index (χ1n) is 7.52. The van der Waals surface area contributed by atoms with Crippen LogP contribution in [-0.2, 0) is 0 Å². The summed E-state index contributed by atoms with van der Waals surface area (Å²) >= 11 is 5.71. The summed E-state index contributed by atoms with van der Waals surface area (Å²) in [6.07, 6.45) is 0.781. The van der Waals surface area contributed by atoms with E-state index in [1.54, 1.807) is 31.3 Å². The number of benzene rings is 2. The van der Waals surface area contributed by atoms with Gasteiger partial charge in [-0.1, -0.05) is 24.3 Å². The van der Waals surface area contributed by atoms with Crippen LogP contribution in [0.5, 0.6) is 0 Å². The average molecular weight is 329 g/mol. The van der Waals surface area contributed by atoms with E-state index in [9.17, 15) is 9.59 Å². The molecule has 0 heterocycles. The van der Waals surface area contributed by atoms with E-state index in [1.807, 2.05) is 12.1 Å². The van der Waals surface area contributed by atoms with Gasteiger partial charge in [-0.3, -0.25) is 9.59 Å². The Morgan fingerprint density at radius 1 is 0.913 bits per heavy atom. The lowest BCUT2D eigenvalue weighted by Gasteiger charge is -2.23. The molecule has 2 aromatic rings. The van der Waals surface area contributed by atoms with Crippen LogP contribution >= 0.6 is 11.6 Å². The molecule has 0 atom stereocenters. The highest BCUT2D eigenvalue weighted by molar-refractivity contribution is 6.31. The van der Waals surface area contributed by atoms with Crippen LogP contribution in [0.25, 0.3) is 0 Å². The number of ketones is 2. The van der Waals surface area contributed by atoms with Crippen LogP contribution in [0.2, 0.25) is 0 Å². The summed E-state index contributed by atoms with van der Waals surface area (Å²) in [6, 6.07) is 10.6. The van der Waals surface area contributed by atoms with Gasteiger partial charge in [0.25, 0.3) is 0 Å². The van der Waals surface area contributed by atoms with Crippen LogP contribution < -0.4 is 10.6 Å². The van der Waals surface area contributed by atoms with E-state index in [0.29, 0.717) is 46.1 Å². The maximum Gasteiger partial charge on any atom is 0.196 e. The van der Waals surface area contributed by atoms with Gasteiger partial charge < -0.3 is 10.6 Å². The molecule has 0 saturated carbocycles. The first-order valence-corrected chi connectivity index (χ1v) is 8.05. The van der Waals surface area contributed by atoms with Crippen LogP contribution in [0.1, 0.15) is 38.3 Å². The molecule has 0 saturated heterocycles. The number of hydrogen-bond acceptors (Lipinski definition) is 4. The Balaban J connectivity index is 2.16. The zero-order valence-corrected chi connectivity index (χ0v) is 13.5. The molecular formula is C18H17ClN2O2. The number of rotatable bonds is 5. The molecule has 5 heteroatoms. The largest absolute Gasteiger partial charge is 0.388 e. The summed E-state index contributed by atoms with van der Waals surface area (Å²) in [7, 11) is 1.74. The zero-order valence-electron chi connectivity index (χ0n) is 12.8. The van der Waals surface area contributed by atoms with Crippen molar-refractivity contribution in [2.45, 2.75) is 6.42 Å². The van der Waals surface area contributed by atoms with E-state index in [0.717, 1.165) is 6.42 Å². The SMILES string of the molecule is CNc1ccc(NCCCCl)c2c1C(=O)c1ccccc1C2=O. The third-order valence-corrected chi connectivity index (χ3v) is 4.24. The monoisotopic (exact) mass is 328 g/mol. The third-order valence-electron chi connectivity index (χ3n) is 3.97. The minimum atomic E-state index is -0.124. The lowest BCUT2D eigenvalue weighted by atomic mass is 9.82. The molecule has 0 fully saturated rings. The van der Waals surface area contributed by atoms with E-state index in [2.05, 4.69) is 10.6 Å². The standard InChI is InChI=1S/C18H17ClN2O2/c1-20-13-7-8-14(21-10-4-9-19)16-15(13)17(22)11-5-2-3-6-12(11)18(16)23/h2-3,5-8,20-21H,4,9-10H2,1H3. The van der Waals surface area contributed by atoms with E-state index in [4.69, 9.17) is 11.6 Å². The van der Waals surface area contributed by atoms with Crippen molar-refractivity contribution in [1.29, 1.82) is 0 Å². The summed E-state index contributed by atoms with van der Waals surface area (Å²) in [6.45, 7) is 0.651. The number of hydrogen-bond donors (Lipinski definition) is 2. The van der Waals surface area contributed by atoms with Gasteiger partial charge in [0, 0.05) is 42.0 Å². The van der Waals surface area contributed by atoms with Crippen LogP contribution in [0.15, 0.2) is 36.4 Å². The topological polar surface area (TPSA) is 58.2 Å². The highest BCUT2D eigenvalue weighted by atomic mass is 35.5. The Morgan fingerprint density at radius 2 is 1.48 bits per heavy atom. The number of anilines is 2. The van der Waals surface area contributed by atoms with Crippen LogP contribution in [0, 0.1) is 0 Å². The van der Waals surface area contributed by atoms with Gasteiger partial charge in [0.05, 0.1) is 11.1 Å². The van der Waals surface area contributed by atoms with Crippen molar-refractivity contribution in [2.75, 3.05) is 30.1 Å². The number of nitrogens with one attached hydrogen (secondary N) is 2. The Labute approximate surface area is 139 Å². The van der Waals surface area contributed by atoms with E-state index in [1.165, 1.54) is 0 Å². The average Bonchev–Trinajstić information content (AvgIpc) is 2.59. The second-order valence-corrected chi connectivity index (χ2v) is 5.71. The molecular weight excluding hydrogens is 312 g/mol. The predicted octanol–water partition coefficient (Wildman–Crippen LogP) is 3.54. The Kier molecular flexibility index (Phi) is 4.35. The second-order valence-electron chi connectivity index (χ2n) is 5.33. The normalized spacial score (nSPS) is 12.6. The van der Waals surface area contributed by atoms with Gasteiger partial charge in [0.2, 0.25) is 0 Å². The highest BCUT2D eigenvalue weighted by Crippen LogP contribution is 2.36. The van der Waals surface area contributed by atoms with E-state index in [-0.39, 0.29) is 11.6 Å². The molecule has 118 valence electrons. The van der Waals surface area contributed by atoms with Crippen molar-refractivity contribution in [3.63, 3.8) is 0 Å². The van der Waals surface area contributed by atoms with Gasteiger partial charge >= 0.3 is 0 Å². The first-order chi connectivity index (χ1) is 11.2. The quantitative estimate of drug-likeness (QED) is 0.555. The van der Waals surface area contributed by atoms with Gasteiger partial charge in [-0.2, -0.15) is 0 Å². The second kappa shape index (κ2) is 6.42. The van der Waals surface area contributed by atoms with Crippen LogP contribution in [0.3, 0.4) is 0 Å². The maximum atomic E-state index is 12.9. The van der Waals surface area contributed by atoms with Crippen molar-refractivity contribution < 1.29 is 9.59 Å². The van der Waals surface area contributed by atoms with Gasteiger partial charge in [-0.25, -0.2) is 0 Å². The first kappa shape index (κ1) is 15.6. The minimum absolute atomic E-state index is 0.124. The highest BCUT2D eigenvalue weighted by Gasteiger charge is 2.33. The molecule has 1 aliphatic rings. The van der Waals surface area contributed by atoms with E-state index >= 15 is 0 Å². The summed E-state index contributed by atoms with van der Waals surface area (Å²) in [4.78, 5) is 25.8. The molecule has 0 unspecified atom stereocenters. The maximum absolute atomic E-state index is 12.9. The number of halogens is 1. The fraction of sp³-hybridized carbons (Fsp3) is 0.222. The zero-order chi connectivity index (χ0) is 16.4. The Hall–Kier alpha value is -2.33. The molecule has 1 aliphatic carbocycles. The third kappa shape index (κ3) is 2.59. The molecule has 0 bridgehead atoms. The van der Waals surface area contributed by atoms with Gasteiger partial charge in [-0.15, -0.1) is 11.6 Å². The Morgan fingerprint density at radius 3 is 2.04 bits per heavy atom. The summed E-state index contributed by atoms with van der Waals surface area (Å²) in [5, 5.41) is 6.23. The Bertz CT molecular complexity index is 787. The lowest BCUT2D eigenvalue weighted by Crippen LogP contribution is -2.24. The number of carbonyl (C=O) groups excluding carboxylic acids is 2. The summed E-state index contributed by atoms with van der Waals surface area (Å²) in [5.74, 6) is 0.292. The van der Waals surface area contributed by atoms with Gasteiger partial charge in [-0.05, 0) is 18.6 Å². The lowest BCUT2D eigenvalue weighted by molar-refractivity contribution is 0.0980. The molecule has 3 rings (SSSR count). The molecule has 0 radical (unpaired) electrons. The molecule has 4 nitrogen and oxygen atoms in total. The molecule has 0 spiro atoms. The number of fused-ring (bicyclic) bond motifs is 2. The minimum Gasteiger partial charge on any atom is -0.388 e. The van der Waals surface area contributed by atoms with Crippen molar-refractivity contribution in [3.05, 3.63) is 58.7 Å². The molecule has 0 amide bonds. The fourth-order valence-corrected chi connectivity index (χ4v) is 3.00. The molecule has 0 aromatic heterocycles. The van der Waals surface area contributed by atoms with Crippen LogP contribution in [0.4, 0.5) is 11.4 Å². The predicted molar refractivity (Wildman–Crippen MR) is 93.1 cm³/mol. The summed E-state index contributed by atoms with van der Waals surface area (Å²) in [5.41, 5.74) is 3.13. The van der Waals surface area contributed by atoms with Crippen molar-refractivity contribution >= 4 is 34.5 Å². The molecule has 0 aliphatic heterocycles. The van der Waals surface area contributed by atoms with Crippen molar-refractivity contribution in [1.82, 2.24) is 0 Å². The number of carbonyl (C=O) groups is 2. The summed E-state index contributed by atoms with van der Waals surface area (Å²) < 4.78 is 0. The van der Waals surface area contributed by atoms with Crippen LogP contribution in [-0.4, -0.2) is 31.0 Å². The van der Waals surface area contributed by atoms with E-state index < -0.39 is 0 Å². The van der Waals surface area contributed by atoms with Crippen molar-refractivity contribution in [2.24, 2.45) is 0 Å². The molecule has 23 heavy (non-hydrogen) atoms. The smallest absolute Gasteiger partial charge is 0.196 e. The molecule has 2 aromatic carbocycles. The van der Waals surface area contributed by atoms with Crippen molar-refractivity contribution in [3.8, 4) is 0 Å². The molecule has 2 N–H and O–H groups in total. The van der Waals surface area contributed by atoms with Gasteiger partial charge in [0.15, 0.2) is 11.6 Å².